The first-order valence-corrected chi connectivity index (χ1v) is 7.32. The second-order valence-electron chi connectivity index (χ2n) is 5.01. The predicted octanol–water partition coefficient (Wildman–Crippen LogP) is 3.16. The van der Waals surface area contributed by atoms with Gasteiger partial charge in [-0.3, -0.25) is 4.79 Å². The van der Waals surface area contributed by atoms with Gasteiger partial charge in [-0.1, -0.05) is 48.8 Å². The molecule has 0 saturated carbocycles. The molecule has 1 amide bonds. The molecule has 0 unspecified atom stereocenters. The molecule has 0 aromatic heterocycles. The van der Waals surface area contributed by atoms with Crippen LogP contribution in [0, 0.1) is 0 Å². The van der Waals surface area contributed by atoms with Crippen molar-refractivity contribution in [3.05, 3.63) is 52.9 Å². The highest BCUT2D eigenvalue weighted by Crippen LogP contribution is 2.22. The lowest BCUT2D eigenvalue weighted by Crippen LogP contribution is -2.19. The molecule has 5 heteroatoms. The fourth-order valence-corrected chi connectivity index (χ4v) is 2.04. The molecule has 1 aromatic carbocycles. The molecule has 0 radical (unpaired) electrons. The van der Waals surface area contributed by atoms with Gasteiger partial charge < -0.3 is 15.3 Å². The fraction of sp³-hybridized carbons (Fsp3) is 0.294. The van der Waals surface area contributed by atoms with Gasteiger partial charge in [-0.2, -0.15) is 0 Å². The highest BCUT2D eigenvalue weighted by molar-refractivity contribution is 6.24. The number of unbranched alkanes of at least 4 members (excludes halogenated alkanes) is 1. The number of oxime groups is 1. The van der Waals surface area contributed by atoms with Gasteiger partial charge in [0, 0.05) is 0 Å². The first-order valence-electron chi connectivity index (χ1n) is 7.32. The Morgan fingerprint density at radius 1 is 1.36 bits per heavy atom. The number of nitrogens with zero attached hydrogens (tertiary/aromatic N) is 1. The second kappa shape index (κ2) is 7.45. The maximum atomic E-state index is 12.0. The average Bonchev–Trinajstić information content (AvgIpc) is 2.79. The van der Waals surface area contributed by atoms with E-state index in [0.717, 1.165) is 18.4 Å². The third-order valence-electron chi connectivity index (χ3n) is 3.23. The zero-order valence-electron chi connectivity index (χ0n) is 12.8. The number of nitrogens with one attached hydrogen (secondary N) is 1. The Labute approximate surface area is 130 Å². The van der Waals surface area contributed by atoms with Crippen molar-refractivity contribution in [1.29, 1.82) is 0 Å². The van der Waals surface area contributed by atoms with Gasteiger partial charge in [0.2, 0.25) is 0 Å². The first-order chi connectivity index (χ1) is 10.6. The maximum Gasteiger partial charge on any atom is 0.261 e. The van der Waals surface area contributed by atoms with Crippen LogP contribution < -0.4 is 5.32 Å². The second-order valence-corrected chi connectivity index (χ2v) is 5.01. The molecule has 1 aliphatic rings. The molecular formula is C17H20N2O3. The molecule has 0 saturated heterocycles. The highest BCUT2D eigenvalue weighted by Gasteiger charge is 2.29. The number of benzene rings is 1. The zero-order valence-corrected chi connectivity index (χ0v) is 12.8. The normalized spacial score (nSPS) is 17.1. The number of rotatable bonds is 6. The summed E-state index contributed by atoms with van der Waals surface area (Å²) < 4.78 is 0. The number of aliphatic hydroxyl groups excluding tert-OH is 1. The summed E-state index contributed by atoms with van der Waals surface area (Å²) in [5, 5.41) is 16.8. The van der Waals surface area contributed by atoms with E-state index in [1.54, 1.807) is 13.0 Å². The van der Waals surface area contributed by atoms with Crippen molar-refractivity contribution in [2.45, 2.75) is 26.7 Å². The summed E-state index contributed by atoms with van der Waals surface area (Å²) in [5.74, 6) is -0.478. The van der Waals surface area contributed by atoms with Crippen molar-refractivity contribution in [2.75, 3.05) is 6.61 Å². The Bertz CT molecular complexity index is 631. The molecular weight excluding hydrogens is 280 g/mol. The summed E-state index contributed by atoms with van der Waals surface area (Å²) in [7, 11) is 0. The van der Waals surface area contributed by atoms with Crippen molar-refractivity contribution < 1.29 is 14.7 Å². The molecule has 0 aliphatic carbocycles. The van der Waals surface area contributed by atoms with Crippen molar-refractivity contribution in [1.82, 2.24) is 5.32 Å². The van der Waals surface area contributed by atoms with Crippen molar-refractivity contribution in [2.24, 2.45) is 5.16 Å². The number of carbonyl (C=O) groups excluding carboxylic acids is 1. The lowest BCUT2D eigenvalue weighted by Gasteiger charge is -2.01. The van der Waals surface area contributed by atoms with Gasteiger partial charge in [-0.25, -0.2) is 0 Å². The lowest BCUT2D eigenvalue weighted by molar-refractivity contribution is -0.115. The molecule has 2 N–H and O–H groups in total. The highest BCUT2D eigenvalue weighted by atomic mass is 16.6. The number of hydrogen-bond acceptors (Lipinski definition) is 4. The predicted molar refractivity (Wildman–Crippen MR) is 86.2 cm³/mol. The zero-order chi connectivity index (χ0) is 15.9. The number of aliphatic hydroxyl groups is 1. The number of carbonyl (C=O) groups is 1. The quantitative estimate of drug-likeness (QED) is 0.481. The Morgan fingerprint density at radius 2 is 2.09 bits per heavy atom. The van der Waals surface area contributed by atoms with Gasteiger partial charge in [0.15, 0.2) is 5.76 Å². The SMILES string of the molecule is CCCCO/N=C(\C)C1=C(O)/C(=C/c2ccccc2)NC1=O. The molecule has 116 valence electrons. The van der Waals surface area contributed by atoms with Crippen LogP contribution in [0.5, 0.6) is 0 Å². The summed E-state index contributed by atoms with van der Waals surface area (Å²) in [6.45, 7) is 4.19. The van der Waals surface area contributed by atoms with Crippen LogP contribution >= 0.6 is 0 Å². The van der Waals surface area contributed by atoms with Crippen molar-refractivity contribution >= 4 is 17.7 Å². The maximum absolute atomic E-state index is 12.0. The molecule has 0 spiro atoms. The number of amides is 1. The first kappa shape index (κ1) is 15.8. The van der Waals surface area contributed by atoms with Gasteiger partial charge in [-0.15, -0.1) is 0 Å². The van der Waals surface area contributed by atoms with E-state index in [9.17, 15) is 9.90 Å². The minimum Gasteiger partial charge on any atom is -0.505 e. The Hall–Kier alpha value is -2.56. The molecule has 2 rings (SSSR count). The Morgan fingerprint density at radius 3 is 2.77 bits per heavy atom. The standard InChI is InChI=1S/C17H20N2O3/c1-3-4-10-22-19-12(2)15-16(20)14(18-17(15)21)11-13-8-6-5-7-9-13/h5-9,11,20H,3-4,10H2,1-2H3,(H,18,21)/b14-11-,19-12+. The Balaban J connectivity index is 2.20. The molecule has 0 fully saturated rings. The van der Waals surface area contributed by atoms with Crippen LogP contribution in [0.4, 0.5) is 0 Å². The van der Waals surface area contributed by atoms with E-state index in [4.69, 9.17) is 4.84 Å². The largest absolute Gasteiger partial charge is 0.505 e. The van der Waals surface area contributed by atoms with Crippen LogP contribution in [0.3, 0.4) is 0 Å². The smallest absolute Gasteiger partial charge is 0.261 e. The third-order valence-corrected chi connectivity index (χ3v) is 3.23. The fourth-order valence-electron chi connectivity index (χ4n) is 2.04. The average molecular weight is 300 g/mol. The van der Waals surface area contributed by atoms with Crippen molar-refractivity contribution in [3.63, 3.8) is 0 Å². The molecule has 5 nitrogen and oxygen atoms in total. The summed E-state index contributed by atoms with van der Waals surface area (Å²) in [4.78, 5) is 17.2. The molecule has 22 heavy (non-hydrogen) atoms. The van der Waals surface area contributed by atoms with E-state index in [0.29, 0.717) is 18.0 Å². The molecule has 1 aromatic rings. The van der Waals surface area contributed by atoms with Gasteiger partial charge >= 0.3 is 0 Å². The third kappa shape index (κ3) is 3.75. The van der Waals surface area contributed by atoms with Crippen LogP contribution in [-0.4, -0.2) is 23.3 Å². The minimum absolute atomic E-state index is 0.103. The molecule has 0 bridgehead atoms. The summed E-state index contributed by atoms with van der Waals surface area (Å²) in [6, 6.07) is 9.46. The van der Waals surface area contributed by atoms with E-state index >= 15 is 0 Å². The lowest BCUT2D eigenvalue weighted by atomic mass is 10.1. The summed E-state index contributed by atoms with van der Waals surface area (Å²) >= 11 is 0. The summed E-state index contributed by atoms with van der Waals surface area (Å²) in [6.07, 6.45) is 3.62. The number of hydrogen-bond donors (Lipinski definition) is 2. The van der Waals surface area contributed by atoms with E-state index in [2.05, 4.69) is 17.4 Å². The summed E-state index contributed by atoms with van der Waals surface area (Å²) in [5.41, 5.74) is 1.77. The van der Waals surface area contributed by atoms with Gasteiger partial charge in [0.25, 0.3) is 5.91 Å². The van der Waals surface area contributed by atoms with Crippen LogP contribution in [0.1, 0.15) is 32.3 Å². The van der Waals surface area contributed by atoms with Crippen LogP contribution in [-0.2, 0) is 9.63 Å². The molecule has 1 aliphatic heterocycles. The van der Waals surface area contributed by atoms with Crippen LogP contribution in [0.2, 0.25) is 0 Å². The van der Waals surface area contributed by atoms with Crippen molar-refractivity contribution in [3.8, 4) is 0 Å². The van der Waals surface area contributed by atoms with E-state index < -0.39 is 0 Å². The molecule has 1 heterocycles. The minimum atomic E-state index is -0.375. The van der Waals surface area contributed by atoms with Crippen LogP contribution in [0.25, 0.3) is 6.08 Å². The molecule has 0 atom stereocenters. The van der Waals surface area contributed by atoms with E-state index in [-0.39, 0.29) is 17.2 Å². The van der Waals surface area contributed by atoms with E-state index in [1.165, 1.54) is 0 Å². The monoisotopic (exact) mass is 300 g/mol. The Kier molecular flexibility index (Phi) is 5.36. The van der Waals surface area contributed by atoms with Gasteiger partial charge in [-0.05, 0) is 25.0 Å². The van der Waals surface area contributed by atoms with Crippen LogP contribution in [0.15, 0.2) is 52.5 Å². The van der Waals surface area contributed by atoms with E-state index in [1.807, 2.05) is 30.3 Å². The van der Waals surface area contributed by atoms with Gasteiger partial charge in [0.1, 0.15) is 12.2 Å². The van der Waals surface area contributed by atoms with Gasteiger partial charge in [0.05, 0.1) is 11.4 Å². The topological polar surface area (TPSA) is 70.9 Å².